The summed E-state index contributed by atoms with van der Waals surface area (Å²) in [4.78, 5) is 37.9. The van der Waals surface area contributed by atoms with Crippen LogP contribution in [0.1, 0.15) is 19.8 Å². The summed E-state index contributed by atoms with van der Waals surface area (Å²) < 4.78 is 10.5. The molecule has 132 valence electrons. The van der Waals surface area contributed by atoms with Crippen molar-refractivity contribution >= 4 is 29.2 Å². The first-order valence-electron chi connectivity index (χ1n) is 8.01. The monoisotopic (exact) mass is 346 g/mol. The molecule has 25 heavy (non-hydrogen) atoms. The third-order valence-corrected chi connectivity index (χ3v) is 4.82. The van der Waals surface area contributed by atoms with Crippen molar-refractivity contribution in [2.45, 2.75) is 25.3 Å². The van der Waals surface area contributed by atoms with Crippen molar-refractivity contribution in [3.05, 3.63) is 12.1 Å². The number of anilines is 2. The molecule has 1 aromatic carbocycles. The number of carbonyl (C=O) groups is 3. The van der Waals surface area contributed by atoms with Crippen LogP contribution in [-0.2, 0) is 9.59 Å². The lowest BCUT2D eigenvalue weighted by atomic mass is 9.96. The summed E-state index contributed by atoms with van der Waals surface area (Å²) in [6, 6.07) is 2.55. The van der Waals surface area contributed by atoms with E-state index in [-0.39, 0.29) is 25.2 Å². The molecule has 4 amide bonds. The van der Waals surface area contributed by atoms with Gasteiger partial charge in [0.15, 0.2) is 11.5 Å². The molecule has 4 N–H and O–H groups in total. The molecule has 0 spiro atoms. The molecular weight excluding hydrogens is 328 g/mol. The Hall–Kier alpha value is -2.97. The van der Waals surface area contributed by atoms with E-state index in [1.54, 1.807) is 19.1 Å². The van der Waals surface area contributed by atoms with E-state index in [0.717, 1.165) is 17.7 Å². The topological polar surface area (TPSA) is 123 Å². The summed E-state index contributed by atoms with van der Waals surface area (Å²) in [6.45, 7) is 1.42. The molecule has 2 fully saturated rings. The van der Waals surface area contributed by atoms with Gasteiger partial charge in [-0.2, -0.15) is 0 Å². The van der Waals surface area contributed by atoms with Gasteiger partial charge in [-0.1, -0.05) is 0 Å². The Labute approximate surface area is 143 Å². The maximum Gasteiger partial charge on any atom is 0.325 e. The number of benzene rings is 1. The second kappa shape index (κ2) is 5.27. The number of rotatable bonds is 4. The van der Waals surface area contributed by atoms with E-state index in [4.69, 9.17) is 15.2 Å². The van der Waals surface area contributed by atoms with Gasteiger partial charge in [-0.15, -0.1) is 0 Å². The highest BCUT2D eigenvalue weighted by Gasteiger charge is 2.56. The van der Waals surface area contributed by atoms with Crippen LogP contribution in [0.4, 0.5) is 16.2 Å². The molecule has 1 aliphatic carbocycles. The van der Waals surface area contributed by atoms with E-state index in [1.165, 1.54) is 0 Å². The number of ether oxygens (including phenoxy) is 2. The number of fused-ring (bicyclic) bond motifs is 1. The lowest BCUT2D eigenvalue weighted by molar-refractivity contribution is -0.134. The van der Waals surface area contributed by atoms with Crippen LogP contribution in [0.15, 0.2) is 12.1 Å². The van der Waals surface area contributed by atoms with Crippen molar-refractivity contribution in [2.75, 3.05) is 24.4 Å². The Bertz CT molecular complexity index is 791. The van der Waals surface area contributed by atoms with Gasteiger partial charge in [-0.05, 0) is 25.7 Å². The van der Waals surface area contributed by atoms with Crippen molar-refractivity contribution in [2.24, 2.45) is 5.92 Å². The van der Waals surface area contributed by atoms with Gasteiger partial charge in [0, 0.05) is 12.1 Å². The number of hydrogen-bond acceptors (Lipinski definition) is 6. The number of nitrogens with zero attached hydrogens (tertiary/aromatic N) is 1. The second-order valence-electron chi connectivity index (χ2n) is 6.64. The summed E-state index contributed by atoms with van der Waals surface area (Å²) in [6.07, 6.45) is 1.80. The highest BCUT2D eigenvalue weighted by atomic mass is 16.7. The zero-order valence-electron chi connectivity index (χ0n) is 13.6. The van der Waals surface area contributed by atoms with Crippen molar-refractivity contribution in [3.63, 3.8) is 0 Å². The summed E-state index contributed by atoms with van der Waals surface area (Å²) in [7, 11) is 0. The average Bonchev–Trinajstić information content (AvgIpc) is 3.29. The SMILES string of the molecule is CC1(C2CC2)NC(=O)N(CC(=O)Nc2cc3c(cc2N)OCO3)C1=O. The van der Waals surface area contributed by atoms with Gasteiger partial charge >= 0.3 is 6.03 Å². The molecule has 1 aromatic rings. The lowest BCUT2D eigenvalue weighted by Crippen LogP contribution is -2.46. The van der Waals surface area contributed by atoms with E-state index in [9.17, 15) is 14.4 Å². The number of nitrogens with one attached hydrogen (secondary N) is 2. The number of carbonyl (C=O) groups excluding carboxylic acids is 3. The first kappa shape index (κ1) is 15.6. The summed E-state index contributed by atoms with van der Waals surface area (Å²) in [5.41, 5.74) is 5.62. The van der Waals surface area contributed by atoms with Crippen LogP contribution in [0.5, 0.6) is 11.5 Å². The van der Waals surface area contributed by atoms with E-state index in [0.29, 0.717) is 22.9 Å². The van der Waals surface area contributed by atoms with Crippen molar-refractivity contribution < 1.29 is 23.9 Å². The van der Waals surface area contributed by atoms with Crippen molar-refractivity contribution in [1.82, 2.24) is 10.2 Å². The van der Waals surface area contributed by atoms with Crippen LogP contribution in [0.25, 0.3) is 0 Å². The Balaban J connectivity index is 1.46. The van der Waals surface area contributed by atoms with Gasteiger partial charge in [0.25, 0.3) is 5.91 Å². The molecule has 0 bridgehead atoms. The number of imide groups is 1. The predicted octanol–water partition coefficient (Wildman–Crippen LogP) is 0.657. The van der Waals surface area contributed by atoms with E-state index in [1.807, 2.05) is 0 Å². The Kier molecular flexibility index (Phi) is 3.28. The minimum absolute atomic E-state index is 0.0916. The van der Waals surface area contributed by atoms with Gasteiger partial charge in [0.1, 0.15) is 12.1 Å². The number of urea groups is 1. The molecular formula is C16H18N4O5. The fourth-order valence-electron chi connectivity index (χ4n) is 3.20. The molecule has 4 rings (SSSR count). The number of hydrogen-bond donors (Lipinski definition) is 3. The molecule has 2 aliphatic heterocycles. The van der Waals surface area contributed by atoms with E-state index in [2.05, 4.69) is 10.6 Å². The maximum atomic E-state index is 12.5. The van der Waals surface area contributed by atoms with Gasteiger partial charge in [0.05, 0.1) is 11.4 Å². The average molecular weight is 346 g/mol. The Morgan fingerprint density at radius 3 is 2.72 bits per heavy atom. The minimum atomic E-state index is -0.908. The normalized spacial score (nSPS) is 24.4. The first-order valence-corrected chi connectivity index (χ1v) is 8.01. The molecule has 0 aromatic heterocycles. The molecule has 0 radical (unpaired) electrons. The molecule has 1 unspecified atom stereocenters. The van der Waals surface area contributed by atoms with Crippen LogP contribution >= 0.6 is 0 Å². The number of nitrogen functional groups attached to an aromatic ring is 1. The smallest absolute Gasteiger partial charge is 0.325 e. The standard InChI is InChI=1S/C16H18N4O5/c1-16(8-2-3-8)14(22)20(15(23)19-16)6-13(21)18-10-5-12-11(4-9(10)17)24-7-25-12/h4-5,8H,2-3,6-7,17H2,1H3,(H,18,21)(H,19,23). The first-order chi connectivity index (χ1) is 11.9. The van der Waals surface area contributed by atoms with Gasteiger partial charge < -0.3 is 25.8 Å². The Morgan fingerprint density at radius 1 is 1.36 bits per heavy atom. The van der Waals surface area contributed by atoms with Crippen molar-refractivity contribution in [3.8, 4) is 11.5 Å². The second-order valence-corrected chi connectivity index (χ2v) is 6.64. The zero-order valence-corrected chi connectivity index (χ0v) is 13.6. The molecule has 9 heteroatoms. The number of nitrogens with two attached hydrogens (primary N) is 1. The third kappa shape index (κ3) is 2.51. The fraction of sp³-hybridized carbons (Fsp3) is 0.438. The highest BCUT2D eigenvalue weighted by molar-refractivity contribution is 6.10. The zero-order chi connectivity index (χ0) is 17.8. The molecule has 3 aliphatic rings. The Morgan fingerprint density at radius 2 is 2.04 bits per heavy atom. The molecule has 2 heterocycles. The minimum Gasteiger partial charge on any atom is -0.454 e. The van der Waals surface area contributed by atoms with Gasteiger partial charge in [-0.25, -0.2) is 4.79 Å². The molecule has 1 atom stereocenters. The quantitative estimate of drug-likeness (QED) is 0.543. The largest absolute Gasteiger partial charge is 0.454 e. The summed E-state index contributed by atoms with van der Waals surface area (Å²) in [5.74, 6) is 0.232. The van der Waals surface area contributed by atoms with Crippen LogP contribution in [0, 0.1) is 5.92 Å². The van der Waals surface area contributed by atoms with Crippen LogP contribution in [0.2, 0.25) is 0 Å². The lowest BCUT2D eigenvalue weighted by Gasteiger charge is -2.20. The molecule has 1 saturated heterocycles. The molecule has 1 saturated carbocycles. The van der Waals surface area contributed by atoms with Crippen LogP contribution in [0.3, 0.4) is 0 Å². The van der Waals surface area contributed by atoms with Gasteiger partial charge in [-0.3, -0.25) is 14.5 Å². The highest BCUT2D eigenvalue weighted by Crippen LogP contribution is 2.42. The maximum absolute atomic E-state index is 12.5. The summed E-state index contributed by atoms with van der Waals surface area (Å²) >= 11 is 0. The fourth-order valence-corrected chi connectivity index (χ4v) is 3.20. The van der Waals surface area contributed by atoms with Gasteiger partial charge in [0.2, 0.25) is 12.7 Å². The van der Waals surface area contributed by atoms with E-state index >= 15 is 0 Å². The van der Waals surface area contributed by atoms with Crippen LogP contribution in [-0.4, -0.2) is 41.6 Å². The molecule has 9 nitrogen and oxygen atoms in total. The van der Waals surface area contributed by atoms with Crippen molar-refractivity contribution in [1.29, 1.82) is 0 Å². The summed E-state index contributed by atoms with van der Waals surface area (Å²) in [5, 5.41) is 5.31. The predicted molar refractivity (Wildman–Crippen MR) is 87.0 cm³/mol. The third-order valence-electron chi connectivity index (χ3n) is 4.82. The van der Waals surface area contributed by atoms with E-state index < -0.39 is 17.5 Å². The van der Waals surface area contributed by atoms with Crippen LogP contribution < -0.4 is 25.8 Å². The number of amides is 4.